The molecule has 1 aliphatic carbocycles. The van der Waals surface area contributed by atoms with E-state index in [0.717, 1.165) is 27.2 Å². The number of hydrogen-bond acceptors (Lipinski definition) is 1. The highest BCUT2D eigenvalue weighted by Crippen LogP contribution is 2.48. The van der Waals surface area contributed by atoms with Crippen molar-refractivity contribution >= 4 is 53.7 Å². The Morgan fingerprint density at radius 3 is 2.61 bits per heavy atom. The molecule has 18 heavy (non-hydrogen) atoms. The minimum absolute atomic E-state index is 0.00442. The summed E-state index contributed by atoms with van der Waals surface area (Å²) in [4.78, 5) is 12.1. The fraction of sp³-hybridized carbons (Fsp3) is 0.462. The standard InChI is InChI=1S/C13H14Br3NO/c14-6-5-13(3-4-13)8-17-12(18)10-2-1-9(15)7-11(10)16/h1-2,7H,3-6,8H2,(H,17,18). The van der Waals surface area contributed by atoms with Gasteiger partial charge >= 0.3 is 0 Å². The average Bonchev–Trinajstić information content (AvgIpc) is 3.07. The van der Waals surface area contributed by atoms with Gasteiger partial charge in [-0.2, -0.15) is 0 Å². The highest BCUT2D eigenvalue weighted by atomic mass is 79.9. The largest absolute Gasteiger partial charge is 0.351 e. The Balaban J connectivity index is 1.96. The van der Waals surface area contributed by atoms with Gasteiger partial charge < -0.3 is 5.32 Å². The lowest BCUT2D eigenvalue weighted by molar-refractivity contribution is 0.0943. The van der Waals surface area contributed by atoms with Crippen LogP contribution < -0.4 is 5.32 Å². The van der Waals surface area contributed by atoms with E-state index < -0.39 is 0 Å². The van der Waals surface area contributed by atoms with Crippen molar-refractivity contribution in [1.29, 1.82) is 0 Å². The normalized spacial score (nSPS) is 16.4. The second-order valence-electron chi connectivity index (χ2n) is 4.75. The summed E-state index contributed by atoms with van der Waals surface area (Å²) in [5, 5.41) is 4.05. The molecule has 1 N–H and O–H groups in total. The second-order valence-corrected chi connectivity index (χ2v) is 7.31. The van der Waals surface area contributed by atoms with Crippen LogP contribution in [0.25, 0.3) is 0 Å². The third kappa shape index (κ3) is 3.58. The maximum atomic E-state index is 12.1. The van der Waals surface area contributed by atoms with Gasteiger partial charge in [-0.1, -0.05) is 31.9 Å². The number of amides is 1. The number of benzene rings is 1. The molecule has 1 aliphatic rings. The zero-order valence-corrected chi connectivity index (χ0v) is 14.6. The fourth-order valence-corrected chi connectivity index (χ4v) is 4.00. The van der Waals surface area contributed by atoms with Crippen LogP contribution in [0.1, 0.15) is 29.6 Å². The zero-order chi connectivity index (χ0) is 13.2. The van der Waals surface area contributed by atoms with E-state index in [-0.39, 0.29) is 5.91 Å². The molecule has 0 unspecified atom stereocenters. The SMILES string of the molecule is O=C(NCC1(CCBr)CC1)c1ccc(Br)cc1Br. The summed E-state index contributed by atoms with van der Waals surface area (Å²) in [6, 6.07) is 5.60. The molecule has 0 aromatic heterocycles. The lowest BCUT2D eigenvalue weighted by Gasteiger charge is -2.15. The van der Waals surface area contributed by atoms with E-state index in [1.165, 1.54) is 12.8 Å². The predicted octanol–water partition coefficient (Wildman–Crippen LogP) is 4.51. The monoisotopic (exact) mass is 437 g/mol. The Kier molecular flexibility index (Phi) is 4.89. The molecule has 0 heterocycles. The molecule has 0 aliphatic heterocycles. The first-order valence-electron chi connectivity index (χ1n) is 5.86. The number of carbonyl (C=O) groups is 1. The van der Waals surface area contributed by atoms with E-state index in [1.54, 1.807) is 0 Å². The summed E-state index contributed by atoms with van der Waals surface area (Å²) in [5.74, 6) is -0.00442. The third-order valence-corrected chi connectivity index (χ3v) is 4.93. The van der Waals surface area contributed by atoms with Crippen LogP contribution in [0.2, 0.25) is 0 Å². The molecule has 1 aromatic carbocycles. The van der Waals surface area contributed by atoms with Crippen molar-refractivity contribution in [1.82, 2.24) is 5.32 Å². The molecule has 0 saturated heterocycles. The summed E-state index contributed by atoms with van der Waals surface area (Å²) in [7, 11) is 0. The van der Waals surface area contributed by atoms with E-state index in [2.05, 4.69) is 53.1 Å². The molecular weight excluding hydrogens is 426 g/mol. The van der Waals surface area contributed by atoms with Gasteiger partial charge in [-0.3, -0.25) is 4.79 Å². The lowest BCUT2D eigenvalue weighted by atomic mass is 10.0. The van der Waals surface area contributed by atoms with Crippen LogP contribution in [0.15, 0.2) is 27.1 Å². The van der Waals surface area contributed by atoms with E-state index >= 15 is 0 Å². The highest BCUT2D eigenvalue weighted by Gasteiger charge is 2.41. The van der Waals surface area contributed by atoms with Gasteiger partial charge in [-0.25, -0.2) is 0 Å². The second kappa shape index (κ2) is 6.06. The van der Waals surface area contributed by atoms with Crippen molar-refractivity contribution < 1.29 is 4.79 Å². The Hall–Kier alpha value is 0.130. The molecule has 0 bridgehead atoms. The van der Waals surface area contributed by atoms with Crippen molar-refractivity contribution in [2.45, 2.75) is 19.3 Å². The van der Waals surface area contributed by atoms with Crippen LogP contribution in [0.4, 0.5) is 0 Å². The van der Waals surface area contributed by atoms with Gasteiger partial charge in [-0.05, 0) is 58.8 Å². The molecule has 0 spiro atoms. The first-order chi connectivity index (χ1) is 8.56. The van der Waals surface area contributed by atoms with Gasteiger partial charge in [-0.15, -0.1) is 0 Å². The molecule has 2 rings (SSSR count). The van der Waals surface area contributed by atoms with Crippen LogP contribution in [0, 0.1) is 5.41 Å². The third-order valence-electron chi connectivity index (χ3n) is 3.38. The van der Waals surface area contributed by atoms with Crippen LogP contribution >= 0.6 is 47.8 Å². The van der Waals surface area contributed by atoms with Crippen molar-refractivity contribution in [3.63, 3.8) is 0 Å². The zero-order valence-electron chi connectivity index (χ0n) is 9.81. The average molecular weight is 440 g/mol. The summed E-state index contributed by atoms with van der Waals surface area (Å²) in [5.41, 5.74) is 1.04. The molecule has 5 heteroatoms. The molecule has 98 valence electrons. The molecule has 0 radical (unpaired) electrons. The number of hydrogen-bond donors (Lipinski definition) is 1. The molecule has 1 aromatic rings. The fourth-order valence-electron chi connectivity index (χ4n) is 1.93. The highest BCUT2D eigenvalue weighted by molar-refractivity contribution is 9.11. The molecule has 1 saturated carbocycles. The smallest absolute Gasteiger partial charge is 0.252 e. The Morgan fingerprint density at radius 1 is 1.33 bits per heavy atom. The Bertz CT molecular complexity index is 458. The summed E-state index contributed by atoms with van der Waals surface area (Å²) in [6.45, 7) is 0.778. The first-order valence-corrected chi connectivity index (χ1v) is 8.56. The minimum atomic E-state index is -0.00442. The number of carbonyl (C=O) groups excluding carboxylic acids is 1. The lowest BCUT2D eigenvalue weighted by Crippen LogP contribution is -2.30. The van der Waals surface area contributed by atoms with Crippen molar-refractivity contribution in [3.8, 4) is 0 Å². The maximum Gasteiger partial charge on any atom is 0.252 e. The quantitative estimate of drug-likeness (QED) is 0.672. The topological polar surface area (TPSA) is 29.1 Å². The first kappa shape index (κ1) is 14.5. The number of rotatable bonds is 5. The predicted molar refractivity (Wildman–Crippen MR) is 84.3 cm³/mol. The van der Waals surface area contributed by atoms with E-state index in [4.69, 9.17) is 0 Å². The Morgan fingerprint density at radius 2 is 2.06 bits per heavy atom. The Labute approximate surface area is 132 Å². The van der Waals surface area contributed by atoms with Crippen molar-refractivity contribution in [3.05, 3.63) is 32.7 Å². The molecule has 2 nitrogen and oxygen atoms in total. The molecular formula is C13H14Br3NO. The van der Waals surface area contributed by atoms with Crippen LogP contribution in [-0.4, -0.2) is 17.8 Å². The van der Waals surface area contributed by atoms with Crippen LogP contribution in [-0.2, 0) is 0 Å². The van der Waals surface area contributed by atoms with Gasteiger partial charge in [0.15, 0.2) is 0 Å². The van der Waals surface area contributed by atoms with Gasteiger partial charge in [0, 0.05) is 20.8 Å². The van der Waals surface area contributed by atoms with E-state index in [1.807, 2.05) is 18.2 Å². The van der Waals surface area contributed by atoms with E-state index in [9.17, 15) is 4.79 Å². The van der Waals surface area contributed by atoms with Crippen molar-refractivity contribution in [2.24, 2.45) is 5.41 Å². The van der Waals surface area contributed by atoms with Crippen molar-refractivity contribution in [2.75, 3.05) is 11.9 Å². The number of alkyl halides is 1. The molecule has 1 amide bonds. The number of halogens is 3. The summed E-state index contributed by atoms with van der Waals surface area (Å²) < 4.78 is 1.78. The van der Waals surface area contributed by atoms with Crippen LogP contribution in [0.3, 0.4) is 0 Å². The summed E-state index contributed by atoms with van der Waals surface area (Å²) >= 11 is 10.3. The van der Waals surface area contributed by atoms with Gasteiger partial charge in [0.05, 0.1) is 5.56 Å². The van der Waals surface area contributed by atoms with Crippen LogP contribution in [0.5, 0.6) is 0 Å². The number of nitrogens with one attached hydrogen (secondary N) is 1. The molecule has 0 atom stereocenters. The minimum Gasteiger partial charge on any atom is -0.351 e. The molecule has 1 fully saturated rings. The maximum absolute atomic E-state index is 12.1. The van der Waals surface area contributed by atoms with Gasteiger partial charge in [0.2, 0.25) is 0 Å². The summed E-state index contributed by atoms with van der Waals surface area (Å²) in [6.07, 6.45) is 3.58. The van der Waals surface area contributed by atoms with Gasteiger partial charge in [0.25, 0.3) is 5.91 Å². The van der Waals surface area contributed by atoms with Gasteiger partial charge in [0.1, 0.15) is 0 Å². The van der Waals surface area contributed by atoms with E-state index in [0.29, 0.717) is 11.0 Å².